The van der Waals surface area contributed by atoms with Crippen LogP contribution in [0.25, 0.3) is 0 Å². The Morgan fingerprint density at radius 2 is 1.82 bits per heavy atom. The van der Waals surface area contributed by atoms with Crippen LogP contribution in [0.3, 0.4) is 0 Å². The van der Waals surface area contributed by atoms with Gasteiger partial charge in [0.25, 0.3) is 0 Å². The first-order valence-electron chi connectivity index (χ1n) is 7.26. The third-order valence-corrected chi connectivity index (χ3v) is 5.71. The molecule has 3 rings (SSSR count). The molecule has 1 aromatic rings. The van der Waals surface area contributed by atoms with Gasteiger partial charge in [-0.05, 0) is 37.8 Å². The number of benzene rings is 1. The number of nitrogens with one attached hydrogen (secondary N) is 2. The Morgan fingerprint density at radius 1 is 1.18 bits per heavy atom. The summed E-state index contributed by atoms with van der Waals surface area (Å²) in [6.07, 6.45) is 3.53. The van der Waals surface area contributed by atoms with Gasteiger partial charge < -0.3 is 10.1 Å². The Kier molecular flexibility index (Phi) is 4.33. The zero-order valence-electron chi connectivity index (χ0n) is 11.8. The second kappa shape index (κ2) is 6.10. The molecule has 2 aliphatic heterocycles. The molecule has 2 aliphatic rings. The first kappa shape index (κ1) is 15.6. The summed E-state index contributed by atoms with van der Waals surface area (Å²) in [4.78, 5) is -0.249. The van der Waals surface area contributed by atoms with Crippen molar-refractivity contribution < 1.29 is 21.9 Å². The zero-order chi connectivity index (χ0) is 15.7. The number of alkyl halides is 2. The van der Waals surface area contributed by atoms with Crippen molar-refractivity contribution in [2.24, 2.45) is 0 Å². The average Bonchev–Trinajstić information content (AvgIpc) is 2.77. The van der Waals surface area contributed by atoms with Gasteiger partial charge in [0.1, 0.15) is 10.6 Å². The van der Waals surface area contributed by atoms with Gasteiger partial charge in [-0.3, -0.25) is 0 Å². The second-order valence-corrected chi connectivity index (χ2v) is 7.44. The molecule has 22 heavy (non-hydrogen) atoms. The molecule has 2 saturated heterocycles. The molecule has 0 saturated carbocycles. The van der Waals surface area contributed by atoms with E-state index in [9.17, 15) is 17.2 Å². The molecule has 0 amide bonds. The molecular formula is C14H18F2N2O3S. The normalized spacial score (nSPS) is 28.0. The number of sulfonamides is 1. The van der Waals surface area contributed by atoms with E-state index < -0.39 is 16.6 Å². The molecule has 2 N–H and O–H groups in total. The minimum absolute atomic E-state index is 0.177. The Hall–Kier alpha value is -1.25. The van der Waals surface area contributed by atoms with Crippen LogP contribution >= 0.6 is 0 Å². The van der Waals surface area contributed by atoms with Crippen molar-refractivity contribution in [1.82, 2.24) is 10.0 Å². The van der Waals surface area contributed by atoms with Gasteiger partial charge in [-0.2, -0.15) is 8.78 Å². The molecule has 2 fully saturated rings. The van der Waals surface area contributed by atoms with E-state index in [-0.39, 0.29) is 16.7 Å². The van der Waals surface area contributed by atoms with Crippen molar-refractivity contribution in [3.05, 3.63) is 24.3 Å². The summed E-state index contributed by atoms with van der Waals surface area (Å²) in [5.74, 6) is -0.332. The number of hydrogen-bond acceptors (Lipinski definition) is 4. The molecular weight excluding hydrogens is 314 g/mol. The topological polar surface area (TPSA) is 67.4 Å². The van der Waals surface area contributed by atoms with Crippen molar-refractivity contribution >= 4 is 10.0 Å². The lowest BCUT2D eigenvalue weighted by molar-refractivity contribution is -0.0517. The molecule has 2 unspecified atom stereocenters. The molecule has 0 spiro atoms. The number of rotatable bonds is 5. The van der Waals surface area contributed by atoms with Crippen LogP contribution in [0.1, 0.15) is 25.7 Å². The van der Waals surface area contributed by atoms with Crippen LogP contribution in [0, 0.1) is 0 Å². The van der Waals surface area contributed by atoms with E-state index in [1.54, 1.807) is 0 Å². The van der Waals surface area contributed by atoms with Crippen LogP contribution in [0.5, 0.6) is 5.75 Å². The maximum absolute atomic E-state index is 12.5. The van der Waals surface area contributed by atoms with Gasteiger partial charge in [-0.1, -0.05) is 12.1 Å². The zero-order valence-corrected chi connectivity index (χ0v) is 12.7. The first-order valence-corrected chi connectivity index (χ1v) is 8.74. The Balaban J connectivity index is 1.78. The summed E-state index contributed by atoms with van der Waals surface area (Å²) >= 11 is 0. The summed E-state index contributed by atoms with van der Waals surface area (Å²) in [6.45, 7) is -3.06. The van der Waals surface area contributed by atoms with Crippen molar-refractivity contribution in [2.75, 3.05) is 0 Å². The standard InChI is InChI=1S/C14H18F2N2O3S/c15-14(16)21-12-3-1-2-4-13(12)22(19,20)18-11-7-9-5-6-10(8-11)17-9/h1-4,9-11,14,17-18H,5-8H2. The number of para-hydroxylation sites is 1. The highest BCUT2D eigenvalue weighted by atomic mass is 32.2. The van der Waals surface area contributed by atoms with Crippen LogP contribution in [-0.4, -0.2) is 33.2 Å². The average molecular weight is 332 g/mol. The lowest BCUT2D eigenvalue weighted by atomic mass is 10.0. The Morgan fingerprint density at radius 3 is 2.45 bits per heavy atom. The third-order valence-electron chi connectivity index (χ3n) is 4.15. The predicted molar refractivity (Wildman–Crippen MR) is 76.4 cm³/mol. The molecule has 2 bridgehead atoms. The number of ether oxygens (including phenoxy) is 1. The summed E-state index contributed by atoms with van der Waals surface area (Å²) in [7, 11) is -3.89. The highest BCUT2D eigenvalue weighted by molar-refractivity contribution is 7.89. The third kappa shape index (κ3) is 3.39. The number of piperidine rings is 1. The molecule has 0 aromatic heterocycles. The van der Waals surface area contributed by atoms with Gasteiger partial charge in [0, 0.05) is 18.1 Å². The van der Waals surface area contributed by atoms with Crippen molar-refractivity contribution in [1.29, 1.82) is 0 Å². The molecule has 122 valence electrons. The van der Waals surface area contributed by atoms with E-state index >= 15 is 0 Å². The van der Waals surface area contributed by atoms with E-state index in [1.807, 2.05) is 0 Å². The minimum atomic E-state index is -3.89. The largest absolute Gasteiger partial charge is 0.433 e. The first-order chi connectivity index (χ1) is 10.4. The number of fused-ring (bicyclic) bond motifs is 2. The summed E-state index contributed by atoms with van der Waals surface area (Å²) < 4.78 is 56.7. The Labute approximate surface area is 128 Å². The molecule has 8 heteroatoms. The van der Waals surface area contributed by atoms with Gasteiger partial charge in [-0.25, -0.2) is 13.1 Å². The molecule has 0 radical (unpaired) electrons. The maximum atomic E-state index is 12.5. The van der Waals surface area contributed by atoms with Gasteiger partial charge in [0.2, 0.25) is 10.0 Å². The lowest BCUT2D eigenvalue weighted by Crippen LogP contribution is -2.47. The molecule has 2 heterocycles. The summed E-state index contributed by atoms with van der Waals surface area (Å²) in [5.41, 5.74) is 0. The van der Waals surface area contributed by atoms with Crippen molar-refractivity contribution in [3.63, 3.8) is 0 Å². The fourth-order valence-corrected chi connectivity index (χ4v) is 4.70. The Bertz CT molecular complexity index is 627. The fraction of sp³-hybridized carbons (Fsp3) is 0.571. The van der Waals surface area contributed by atoms with Gasteiger partial charge in [0.05, 0.1) is 0 Å². The monoisotopic (exact) mass is 332 g/mol. The van der Waals surface area contributed by atoms with E-state index in [2.05, 4.69) is 14.8 Å². The predicted octanol–water partition coefficient (Wildman–Crippen LogP) is 1.85. The van der Waals surface area contributed by atoms with Crippen molar-refractivity contribution in [2.45, 2.75) is 55.3 Å². The van der Waals surface area contributed by atoms with E-state index in [1.165, 1.54) is 24.3 Å². The van der Waals surface area contributed by atoms with Crippen LogP contribution in [-0.2, 0) is 10.0 Å². The smallest absolute Gasteiger partial charge is 0.387 e. The van der Waals surface area contributed by atoms with Gasteiger partial charge in [0.15, 0.2) is 0 Å². The minimum Gasteiger partial charge on any atom is -0.433 e. The highest BCUT2D eigenvalue weighted by Gasteiger charge is 2.36. The quantitative estimate of drug-likeness (QED) is 0.863. The van der Waals surface area contributed by atoms with Crippen LogP contribution in [0.2, 0.25) is 0 Å². The summed E-state index contributed by atoms with van der Waals surface area (Å²) in [6, 6.07) is 5.93. The SMILES string of the molecule is O=S(=O)(NC1CC2CCC(C1)N2)c1ccccc1OC(F)F. The molecule has 1 aromatic carbocycles. The highest BCUT2D eigenvalue weighted by Crippen LogP contribution is 2.29. The van der Waals surface area contributed by atoms with Crippen LogP contribution in [0.15, 0.2) is 29.2 Å². The van der Waals surface area contributed by atoms with Crippen LogP contribution < -0.4 is 14.8 Å². The van der Waals surface area contributed by atoms with Gasteiger partial charge >= 0.3 is 6.61 Å². The van der Waals surface area contributed by atoms with Gasteiger partial charge in [-0.15, -0.1) is 0 Å². The molecule has 5 nitrogen and oxygen atoms in total. The molecule has 0 aliphatic carbocycles. The number of halogens is 2. The number of hydrogen-bond donors (Lipinski definition) is 2. The van der Waals surface area contributed by atoms with E-state index in [0.717, 1.165) is 12.8 Å². The maximum Gasteiger partial charge on any atom is 0.387 e. The van der Waals surface area contributed by atoms with E-state index in [4.69, 9.17) is 0 Å². The fourth-order valence-electron chi connectivity index (χ4n) is 3.30. The van der Waals surface area contributed by atoms with Crippen LogP contribution in [0.4, 0.5) is 8.78 Å². The summed E-state index contributed by atoms with van der Waals surface area (Å²) in [5, 5.41) is 3.42. The van der Waals surface area contributed by atoms with E-state index in [0.29, 0.717) is 24.9 Å². The second-order valence-electron chi connectivity index (χ2n) is 5.75. The lowest BCUT2D eigenvalue weighted by Gasteiger charge is -2.29. The van der Waals surface area contributed by atoms with Crippen molar-refractivity contribution in [3.8, 4) is 5.75 Å². The molecule has 2 atom stereocenters.